The number of carbonyl (C=O) groups is 4. The van der Waals surface area contributed by atoms with Gasteiger partial charge in [-0.3, -0.25) is 19.3 Å². The van der Waals surface area contributed by atoms with Gasteiger partial charge in [0, 0.05) is 17.3 Å². The molecule has 0 atom stereocenters. The van der Waals surface area contributed by atoms with Crippen LogP contribution in [0.3, 0.4) is 0 Å². The number of ether oxygens (including phenoxy) is 3. The summed E-state index contributed by atoms with van der Waals surface area (Å²) in [6.45, 7) is 6.20. The van der Waals surface area contributed by atoms with Gasteiger partial charge in [-0.1, -0.05) is 18.5 Å². The molecule has 9 nitrogen and oxygen atoms in total. The van der Waals surface area contributed by atoms with E-state index in [9.17, 15) is 19.2 Å². The second-order valence-corrected chi connectivity index (χ2v) is 9.11. The molecular weight excluding hydrogens is 520 g/mol. The lowest BCUT2D eigenvalue weighted by atomic mass is 10.1. The van der Waals surface area contributed by atoms with Crippen LogP contribution in [0.2, 0.25) is 5.02 Å². The van der Waals surface area contributed by atoms with E-state index in [0.29, 0.717) is 36.7 Å². The number of benzene rings is 2. The topological polar surface area (TPSA) is 111 Å². The fourth-order valence-corrected chi connectivity index (χ4v) is 4.35. The van der Waals surface area contributed by atoms with Gasteiger partial charge in [0.1, 0.15) is 18.0 Å². The SMILES string of the molecule is CCCOC(=O)c1cc(NC(=O)CN2C(=O)S/C(=C/c3ccc(OCC)cc3OCC)C2=O)ccc1Cl. The van der Waals surface area contributed by atoms with Gasteiger partial charge >= 0.3 is 5.97 Å². The molecule has 0 unspecified atom stereocenters. The monoisotopic (exact) mass is 546 g/mol. The molecule has 0 aliphatic carbocycles. The summed E-state index contributed by atoms with van der Waals surface area (Å²) < 4.78 is 16.3. The van der Waals surface area contributed by atoms with E-state index < -0.39 is 29.6 Å². The number of nitrogens with zero attached hydrogens (tertiary/aromatic N) is 1. The number of imide groups is 1. The second kappa shape index (κ2) is 13.2. The lowest BCUT2D eigenvalue weighted by Gasteiger charge is -2.13. The Bertz CT molecular complexity index is 1230. The molecule has 1 aliphatic heterocycles. The molecule has 1 aliphatic rings. The fourth-order valence-electron chi connectivity index (χ4n) is 3.32. The van der Waals surface area contributed by atoms with Gasteiger partial charge in [-0.15, -0.1) is 0 Å². The number of anilines is 1. The molecule has 1 heterocycles. The van der Waals surface area contributed by atoms with Crippen molar-refractivity contribution in [2.45, 2.75) is 27.2 Å². The average Bonchev–Trinajstić information content (AvgIpc) is 3.12. The summed E-state index contributed by atoms with van der Waals surface area (Å²) in [6, 6.07) is 9.54. The van der Waals surface area contributed by atoms with Crippen molar-refractivity contribution in [2.24, 2.45) is 0 Å². The van der Waals surface area contributed by atoms with Gasteiger partial charge in [0.15, 0.2) is 0 Å². The molecule has 1 saturated heterocycles. The van der Waals surface area contributed by atoms with Crippen LogP contribution in [0.4, 0.5) is 10.5 Å². The van der Waals surface area contributed by atoms with E-state index in [1.165, 1.54) is 18.2 Å². The van der Waals surface area contributed by atoms with Crippen molar-refractivity contribution in [3.8, 4) is 11.5 Å². The second-order valence-electron chi connectivity index (χ2n) is 7.71. The third-order valence-corrected chi connectivity index (χ3v) is 6.20. The van der Waals surface area contributed by atoms with Crippen LogP contribution in [0.15, 0.2) is 41.3 Å². The maximum atomic E-state index is 12.9. The number of hydrogen-bond acceptors (Lipinski definition) is 8. The predicted molar refractivity (Wildman–Crippen MR) is 142 cm³/mol. The number of nitrogens with one attached hydrogen (secondary N) is 1. The minimum atomic E-state index is -0.616. The zero-order valence-electron chi connectivity index (χ0n) is 20.7. The third-order valence-electron chi connectivity index (χ3n) is 4.97. The van der Waals surface area contributed by atoms with Crippen molar-refractivity contribution in [2.75, 3.05) is 31.7 Å². The highest BCUT2D eigenvalue weighted by molar-refractivity contribution is 8.18. The summed E-state index contributed by atoms with van der Waals surface area (Å²) in [4.78, 5) is 51.3. The Morgan fingerprint density at radius 1 is 1.05 bits per heavy atom. The normalized spacial score (nSPS) is 14.2. The maximum Gasteiger partial charge on any atom is 0.339 e. The van der Waals surface area contributed by atoms with Crippen LogP contribution in [0.5, 0.6) is 11.5 Å². The van der Waals surface area contributed by atoms with Gasteiger partial charge in [0.2, 0.25) is 5.91 Å². The van der Waals surface area contributed by atoms with Crippen molar-refractivity contribution in [1.82, 2.24) is 4.90 Å². The van der Waals surface area contributed by atoms with E-state index in [1.807, 2.05) is 20.8 Å². The largest absolute Gasteiger partial charge is 0.494 e. The lowest BCUT2D eigenvalue weighted by Crippen LogP contribution is -2.36. The first kappa shape index (κ1) is 28.1. The van der Waals surface area contributed by atoms with E-state index in [0.717, 1.165) is 16.7 Å². The lowest BCUT2D eigenvalue weighted by molar-refractivity contribution is -0.127. The first-order valence-corrected chi connectivity index (χ1v) is 12.9. The molecule has 196 valence electrons. The van der Waals surface area contributed by atoms with Crippen molar-refractivity contribution in [3.05, 3.63) is 57.5 Å². The molecule has 0 bridgehead atoms. The summed E-state index contributed by atoms with van der Waals surface area (Å²) in [6.07, 6.45) is 2.20. The van der Waals surface area contributed by atoms with Crippen LogP contribution in [-0.2, 0) is 14.3 Å². The number of hydrogen-bond donors (Lipinski definition) is 1. The molecule has 2 aromatic rings. The smallest absolute Gasteiger partial charge is 0.339 e. The number of halogens is 1. The molecular formula is C26H27ClN2O7S. The van der Waals surface area contributed by atoms with Crippen LogP contribution in [0.1, 0.15) is 43.1 Å². The molecule has 37 heavy (non-hydrogen) atoms. The molecule has 0 saturated carbocycles. The zero-order chi connectivity index (χ0) is 26.9. The number of esters is 1. The highest BCUT2D eigenvalue weighted by Gasteiger charge is 2.36. The Labute approximate surface area is 224 Å². The van der Waals surface area contributed by atoms with Crippen LogP contribution in [0, 0.1) is 0 Å². The van der Waals surface area contributed by atoms with Crippen molar-refractivity contribution in [3.63, 3.8) is 0 Å². The number of thioether (sulfide) groups is 1. The minimum absolute atomic E-state index is 0.0995. The van der Waals surface area contributed by atoms with Gasteiger partial charge in [0.25, 0.3) is 11.1 Å². The van der Waals surface area contributed by atoms with E-state index in [1.54, 1.807) is 24.3 Å². The molecule has 0 aromatic heterocycles. The summed E-state index contributed by atoms with van der Waals surface area (Å²) in [5.74, 6) is -0.693. The molecule has 3 rings (SSSR count). The quantitative estimate of drug-likeness (QED) is 0.295. The van der Waals surface area contributed by atoms with Gasteiger partial charge in [0.05, 0.1) is 35.3 Å². The van der Waals surface area contributed by atoms with Crippen molar-refractivity contribution >= 4 is 58.1 Å². The minimum Gasteiger partial charge on any atom is -0.494 e. The molecule has 3 amide bonds. The number of amides is 3. The summed E-state index contributed by atoms with van der Waals surface area (Å²) in [5, 5.41) is 2.19. The highest BCUT2D eigenvalue weighted by atomic mass is 35.5. The predicted octanol–water partition coefficient (Wildman–Crippen LogP) is 5.38. The summed E-state index contributed by atoms with van der Waals surface area (Å²) in [5.41, 5.74) is 0.975. The van der Waals surface area contributed by atoms with E-state index in [2.05, 4.69) is 5.32 Å². The standard InChI is InChI=1S/C26H27ClN2O7S/c1-4-11-36-25(32)19-13-17(8-10-20(19)27)28-23(30)15-29-24(31)22(37-26(29)33)12-16-7-9-18(34-5-2)14-21(16)35-6-3/h7-10,12-14H,4-6,11,15H2,1-3H3,(H,28,30)/b22-12+. The van der Waals surface area contributed by atoms with Crippen LogP contribution in [-0.4, -0.2) is 54.3 Å². The molecule has 1 fully saturated rings. The zero-order valence-corrected chi connectivity index (χ0v) is 22.2. The first-order chi connectivity index (χ1) is 17.8. The van der Waals surface area contributed by atoms with Gasteiger partial charge in [-0.2, -0.15) is 0 Å². The van der Waals surface area contributed by atoms with E-state index >= 15 is 0 Å². The number of carbonyl (C=O) groups excluding carboxylic acids is 4. The van der Waals surface area contributed by atoms with Gasteiger partial charge in [-0.05, 0) is 68.4 Å². The van der Waals surface area contributed by atoms with Crippen LogP contribution >= 0.6 is 23.4 Å². The van der Waals surface area contributed by atoms with Crippen molar-refractivity contribution < 1.29 is 33.4 Å². The highest BCUT2D eigenvalue weighted by Crippen LogP contribution is 2.35. The molecule has 0 spiro atoms. The fraction of sp³-hybridized carbons (Fsp3) is 0.308. The van der Waals surface area contributed by atoms with E-state index in [4.69, 9.17) is 25.8 Å². The Balaban J connectivity index is 1.72. The number of rotatable bonds is 11. The molecule has 11 heteroatoms. The molecule has 0 radical (unpaired) electrons. The summed E-state index contributed by atoms with van der Waals surface area (Å²) in [7, 11) is 0. The average molecular weight is 547 g/mol. The van der Waals surface area contributed by atoms with E-state index in [-0.39, 0.29) is 27.8 Å². The Morgan fingerprint density at radius 3 is 2.51 bits per heavy atom. The Morgan fingerprint density at radius 2 is 1.81 bits per heavy atom. The maximum absolute atomic E-state index is 12.9. The third kappa shape index (κ3) is 7.27. The van der Waals surface area contributed by atoms with Gasteiger partial charge in [-0.25, -0.2) is 4.79 Å². The molecule has 2 aromatic carbocycles. The van der Waals surface area contributed by atoms with Crippen LogP contribution in [0.25, 0.3) is 6.08 Å². The Hall–Kier alpha value is -3.50. The van der Waals surface area contributed by atoms with Gasteiger partial charge < -0.3 is 19.5 Å². The summed E-state index contributed by atoms with van der Waals surface area (Å²) >= 11 is 6.82. The Kier molecular flexibility index (Phi) is 9.99. The molecule has 1 N–H and O–H groups in total. The van der Waals surface area contributed by atoms with Crippen molar-refractivity contribution in [1.29, 1.82) is 0 Å². The first-order valence-electron chi connectivity index (χ1n) is 11.7. The van der Waals surface area contributed by atoms with Crippen LogP contribution < -0.4 is 14.8 Å².